The van der Waals surface area contributed by atoms with Crippen LogP contribution in [0.5, 0.6) is 0 Å². The minimum atomic E-state index is -0.0889. The molecule has 0 atom stereocenters. The SMILES string of the molecule is CN1C(=CC=C2CCCC(C=CC3=[N+](C)c4ccc5ccccc5c4C3(C)C)=C2S)C(C)(C)c2c1ccc1ccccc21. The lowest BCUT2D eigenvalue weighted by Crippen LogP contribution is -2.27. The van der Waals surface area contributed by atoms with Crippen molar-refractivity contribution < 1.29 is 4.58 Å². The van der Waals surface area contributed by atoms with Gasteiger partial charge in [-0.1, -0.05) is 80.6 Å². The summed E-state index contributed by atoms with van der Waals surface area (Å²) in [6, 6.07) is 26.6. The van der Waals surface area contributed by atoms with Crippen molar-refractivity contribution in [2.75, 3.05) is 19.0 Å². The number of anilines is 1. The fourth-order valence-electron chi connectivity index (χ4n) is 7.98. The summed E-state index contributed by atoms with van der Waals surface area (Å²) in [7, 11) is 4.41. The molecule has 216 valence electrons. The van der Waals surface area contributed by atoms with Crippen molar-refractivity contribution in [1.82, 2.24) is 0 Å². The monoisotopic (exact) mass is 581 g/mol. The summed E-state index contributed by atoms with van der Waals surface area (Å²) < 4.78 is 2.38. The summed E-state index contributed by atoms with van der Waals surface area (Å²) in [4.78, 5) is 3.50. The highest BCUT2D eigenvalue weighted by Crippen LogP contribution is 2.50. The Hall–Kier alpha value is -3.82. The predicted octanol–water partition coefficient (Wildman–Crippen LogP) is 10.2. The molecule has 0 saturated heterocycles. The quantitative estimate of drug-likeness (QED) is 0.187. The number of thiol groups is 1. The number of allylic oxidation sites excluding steroid dienone is 7. The maximum absolute atomic E-state index is 5.13. The molecule has 0 bridgehead atoms. The second kappa shape index (κ2) is 10.1. The first kappa shape index (κ1) is 28.0. The Kier molecular flexibility index (Phi) is 6.59. The summed E-state index contributed by atoms with van der Waals surface area (Å²) in [5.74, 6) is 0. The zero-order valence-electron chi connectivity index (χ0n) is 26.2. The fraction of sp³-hybridized carbons (Fsp3) is 0.275. The number of fused-ring (bicyclic) bond motifs is 6. The molecule has 3 heteroatoms. The van der Waals surface area contributed by atoms with Crippen molar-refractivity contribution in [3.63, 3.8) is 0 Å². The van der Waals surface area contributed by atoms with Crippen molar-refractivity contribution in [3.8, 4) is 0 Å². The van der Waals surface area contributed by atoms with E-state index < -0.39 is 0 Å². The number of hydrogen-bond acceptors (Lipinski definition) is 2. The van der Waals surface area contributed by atoms with Gasteiger partial charge in [0, 0.05) is 46.5 Å². The van der Waals surface area contributed by atoms with E-state index in [-0.39, 0.29) is 10.8 Å². The largest absolute Gasteiger partial charge is 0.347 e. The molecule has 0 N–H and O–H groups in total. The molecule has 0 radical (unpaired) electrons. The fourth-order valence-corrected chi connectivity index (χ4v) is 8.36. The number of rotatable bonds is 3. The molecule has 0 saturated carbocycles. The van der Waals surface area contributed by atoms with E-state index in [1.54, 1.807) is 0 Å². The Balaban J connectivity index is 1.22. The van der Waals surface area contributed by atoms with Crippen LogP contribution in [-0.2, 0) is 10.8 Å². The topological polar surface area (TPSA) is 6.25 Å². The maximum Gasteiger partial charge on any atom is 0.210 e. The van der Waals surface area contributed by atoms with Crippen molar-refractivity contribution in [1.29, 1.82) is 0 Å². The smallest absolute Gasteiger partial charge is 0.210 e. The van der Waals surface area contributed by atoms with Gasteiger partial charge in [0.1, 0.15) is 7.05 Å². The summed E-state index contributed by atoms with van der Waals surface area (Å²) in [6.45, 7) is 9.43. The third-order valence-electron chi connectivity index (χ3n) is 10.2. The molecule has 3 aliphatic rings. The van der Waals surface area contributed by atoms with Gasteiger partial charge in [0.2, 0.25) is 5.69 Å². The van der Waals surface area contributed by atoms with E-state index in [0.717, 1.165) is 24.2 Å². The van der Waals surface area contributed by atoms with Gasteiger partial charge in [-0.2, -0.15) is 4.58 Å². The highest BCUT2D eigenvalue weighted by molar-refractivity contribution is 7.84. The Bertz CT molecular complexity index is 1980. The minimum Gasteiger partial charge on any atom is -0.347 e. The normalized spacial score (nSPS) is 21.2. The Morgan fingerprint density at radius 3 is 2.12 bits per heavy atom. The molecule has 0 aromatic heterocycles. The molecule has 0 spiro atoms. The summed E-state index contributed by atoms with van der Waals surface area (Å²) in [6.07, 6.45) is 12.6. The van der Waals surface area contributed by atoms with Crippen LogP contribution in [0.3, 0.4) is 0 Å². The van der Waals surface area contributed by atoms with Crippen LogP contribution in [0.15, 0.2) is 119 Å². The van der Waals surface area contributed by atoms with Crippen LogP contribution in [0.2, 0.25) is 0 Å². The van der Waals surface area contributed by atoms with E-state index in [0.29, 0.717) is 0 Å². The first-order valence-electron chi connectivity index (χ1n) is 15.5. The lowest BCUT2D eigenvalue weighted by Gasteiger charge is -2.25. The number of benzene rings is 4. The first-order chi connectivity index (χ1) is 20.6. The summed E-state index contributed by atoms with van der Waals surface area (Å²) in [5, 5.41) is 5.30. The van der Waals surface area contributed by atoms with E-state index in [1.165, 1.54) is 66.6 Å². The third-order valence-corrected chi connectivity index (χ3v) is 10.7. The number of likely N-dealkylation sites (N-methyl/N-ethyl adjacent to an activating group) is 1. The van der Waals surface area contributed by atoms with Crippen LogP contribution in [-0.4, -0.2) is 24.4 Å². The van der Waals surface area contributed by atoms with Crippen LogP contribution in [0.4, 0.5) is 11.4 Å². The van der Waals surface area contributed by atoms with Crippen LogP contribution in [0, 0.1) is 0 Å². The van der Waals surface area contributed by atoms with Gasteiger partial charge in [0.05, 0.1) is 5.41 Å². The molecule has 1 aliphatic carbocycles. The predicted molar refractivity (Wildman–Crippen MR) is 188 cm³/mol. The molecule has 2 heterocycles. The minimum absolute atomic E-state index is 0.0889. The van der Waals surface area contributed by atoms with Crippen molar-refractivity contribution in [3.05, 3.63) is 130 Å². The van der Waals surface area contributed by atoms with Crippen molar-refractivity contribution >= 4 is 51.3 Å². The van der Waals surface area contributed by atoms with Gasteiger partial charge in [-0.3, -0.25) is 0 Å². The zero-order valence-corrected chi connectivity index (χ0v) is 27.1. The molecular weight excluding hydrogens is 541 g/mol. The Morgan fingerprint density at radius 2 is 1.40 bits per heavy atom. The average molecular weight is 582 g/mol. The van der Waals surface area contributed by atoms with Crippen molar-refractivity contribution in [2.45, 2.75) is 57.8 Å². The Morgan fingerprint density at radius 1 is 0.744 bits per heavy atom. The lowest BCUT2D eigenvalue weighted by atomic mass is 9.78. The maximum atomic E-state index is 5.13. The second-order valence-corrected chi connectivity index (χ2v) is 13.9. The van der Waals surface area contributed by atoms with E-state index in [9.17, 15) is 0 Å². The van der Waals surface area contributed by atoms with Gasteiger partial charge in [-0.15, -0.1) is 12.6 Å². The highest BCUT2D eigenvalue weighted by Gasteiger charge is 2.44. The van der Waals surface area contributed by atoms with Gasteiger partial charge in [0.25, 0.3) is 0 Å². The molecule has 2 nitrogen and oxygen atoms in total. The molecule has 0 fully saturated rings. The van der Waals surface area contributed by atoms with E-state index in [2.05, 4.69) is 148 Å². The van der Waals surface area contributed by atoms with Crippen LogP contribution < -0.4 is 4.90 Å². The van der Waals surface area contributed by atoms with Gasteiger partial charge in [0.15, 0.2) is 5.71 Å². The molecule has 4 aromatic rings. The summed E-state index contributed by atoms with van der Waals surface area (Å²) in [5.41, 5.74) is 10.6. The van der Waals surface area contributed by atoms with Gasteiger partial charge >= 0.3 is 0 Å². The summed E-state index contributed by atoms with van der Waals surface area (Å²) >= 11 is 5.13. The van der Waals surface area contributed by atoms with Crippen LogP contribution >= 0.6 is 12.6 Å². The van der Waals surface area contributed by atoms with Gasteiger partial charge in [-0.05, 0) is 89.6 Å². The van der Waals surface area contributed by atoms with E-state index >= 15 is 0 Å². The second-order valence-electron chi connectivity index (χ2n) is 13.4. The third kappa shape index (κ3) is 4.27. The molecular formula is C40H41N2S+. The molecule has 7 rings (SSSR count). The van der Waals surface area contributed by atoms with Crippen LogP contribution in [0.25, 0.3) is 21.5 Å². The van der Waals surface area contributed by atoms with Gasteiger partial charge < -0.3 is 4.90 Å². The first-order valence-corrected chi connectivity index (χ1v) is 16.0. The number of nitrogens with zero attached hydrogens (tertiary/aromatic N) is 2. The number of hydrogen-bond donors (Lipinski definition) is 1. The molecule has 0 unspecified atom stereocenters. The zero-order chi connectivity index (χ0) is 30.1. The van der Waals surface area contributed by atoms with Gasteiger partial charge in [-0.25, -0.2) is 0 Å². The van der Waals surface area contributed by atoms with Crippen LogP contribution in [0.1, 0.15) is 58.1 Å². The highest BCUT2D eigenvalue weighted by atomic mass is 32.1. The van der Waals surface area contributed by atoms with E-state index in [1.807, 2.05) is 0 Å². The van der Waals surface area contributed by atoms with E-state index in [4.69, 9.17) is 12.6 Å². The average Bonchev–Trinajstić information content (AvgIpc) is 3.33. The molecule has 0 amide bonds. The molecule has 43 heavy (non-hydrogen) atoms. The molecule has 2 aliphatic heterocycles. The standard InChI is InChI=1S/C40H40N2S/c1-39(2)34(41(5)32-22-18-26-12-7-9-16-30(26)36(32)39)24-20-28-14-11-15-29(38(28)43)21-25-35-40(3,4)37-31-17-10-8-13-27(31)19-23-33(37)42(35)6/h7-10,12-13,16-25H,11,14-15H2,1-6H3/p+1. The Labute approximate surface area is 261 Å². The molecule has 4 aromatic carbocycles. The lowest BCUT2D eigenvalue weighted by molar-refractivity contribution is -0.401. The van der Waals surface area contributed by atoms with Crippen molar-refractivity contribution in [2.24, 2.45) is 0 Å².